The number of imide groups is 1. The molecule has 0 N–H and O–H groups in total. The van der Waals surface area contributed by atoms with Gasteiger partial charge in [-0.25, -0.2) is 4.90 Å². The van der Waals surface area contributed by atoms with E-state index < -0.39 is 0 Å². The topological polar surface area (TPSA) is 46.6 Å². The Hall–Kier alpha value is -3.02. The van der Waals surface area contributed by atoms with Gasteiger partial charge in [-0.2, -0.15) is 0 Å². The minimum atomic E-state index is -0.377. The normalized spacial score (nSPS) is 13.9. The highest BCUT2D eigenvalue weighted by Crippen LogP contribution is 2.43. The lowest BCUT2D eigenvalue weighted by molar-refractivity contribution is -0.119. The largest absolute Gasteiger partial charge is 0.495 e. The molecule has 29 heavy (non-hydrogen) atoms. The fraction of sp³-hybridized carbons (Fsp3) is 0.0435. The predicted molar refractivity (Wildman–Crippen MR) is 116 cm³/mol. The Morgan fingerprint density at radius 1 is 0.828 bits per heavy atom. The summed E-state index contributed by atoms with van der Waals surface area (Å²) in [6.07, 6.45) is 0. The third-order valence-electron chi connectivity index (χ3n) is 4.46. The number of rotatable bonds is 5. The van der Waals surface area contributed by atoms with Crippen molar-refractivity contribution in [2.45, 2.75) is 4.90 Å². The molecule has 0 fully saturated rings. The number of carbonyl (C=O) groups excluding carboxylic acids is 2. The average molecular weight is 422 g/mol. The molecule has 0 saturated carbocycles. The first-order chi connectivity index (χ1) is 14.1. The Morgan fingerprint density at radius 2 is 1.48 bits per heavy atom. The summed E-state index contributed by atoms with van der Waals surface area (Å²) < 4.78 is 5.38. The van der Waals surface area contributed by atoms with E-state index in [1.165, 1.54) is 23.8 Å². The van der Waals surface area contributed by atoms with Gasteiger partial charge in [0, 0.05) is 9.92 Å². The Balaban J connectivity index is 1.83. The van der Waals surface area contributed by atoms with Crippen molar-refractivity contribution in [2.24, 2.45) is 0 Å². The molecule has 2 amide bonds. The first-order valence-corrected chi connectivity index (χ1v) is 10.0. The summed E-state index contributed by atoms with van der Waals surface area (Å²) >= 11 is 7.23. The molecule has 4 nitrogen and oxygen atoms in total. The van der Waals surface area contributed by atoms with Crippen molar-refractivity contribution in [3.63, 3.8) is 0 Å². The first kappa shape index (κ1) is 19.3. The molecule has 144 valence electrons. The Kier molecular flexibility index (Phi) is 5.43. The minimum Gasteiger partial charge on any atom is -0.495 e. The quantitative estimate of drug-likeness (QED) is 0.515. The fourth-order valence-corrected chi connectivity index (χ4v) is 4.24. The summed E-state index contributed by atoms with van der Waals surface area (Å²) in [5.41, 5.74) is 1.49. The van der Waals surface area contributed by atoms with Crippen LogP contribution in [0.4, 0.5) is 5.69 Å². The van der Waals surface area contributed by atoms with Gasteiger partial charge in [0.2, 0.25) is 0 Å². The van der Waals surface area contributed by atoms with Gasteiger partial charge in [-0.05, 0) is 42.0 Å². The summed E-state index contributed by atoms with van der Waals surface area (Å²) in [6.45, 7) is 0. The van der Waals surface area contributed by atoms with Gasteiger partial charge in [-0.3, -0.25) is 9.59 Å². The maximum Gasteiger partial charge on any atom is 0.273 e. The molecule has 0 radical (unpaired) electrons. The van der Waals surface area contributed by atoms with Crippen LogP contribution in [0.5, 0.6) is 5.75 Å². The monoisotopic (exact) mass is 421 g/mol. The van der Waals surface area contributed by atoms with Crippen molar-refractivity contribution in [1.29, 1.82) is 0 Å². The molecule has 0 spiro atoms. The molecule has 6 heteroatoms. The Bertz CT molecular complexity index is 1110. The molecule has 1 heterocycles. The van der Waals surface area contributed by atoms with Crippen molar-refractivity contribution in [3.8, 4) is 5.75 Å². The van der Waals surface area contributed by atoms with Gasteiger partial charge in [0.25, 0.3) is 11.8 Å². The zero-order valence-corrected chi connectivity index (χ0v) is 17.0. The predicted octanol–water partition coefficient (Wildman–Crippen LogP) is 5.43. The maximum atomic E-state index is 13.4. The van der Waals surface area contributed by atoms with Gasteiger partial charge in [0.15, 0.2) is 0 Å². The average Bonchev–Trinajstić information content (AvgIpc) is 2.99. The van der Waals surface area contributed by atoms with E-state index in [4.69, 9.17) is 16.3 Å². The van der Waals surface area contributed by atoms with Crippen LogP contribution in [-0.2, 0) is 9.59 Å². The summed E-state index contributed by atoms with van der Waals surface area (Å²) in [7, 11) is 1.51. The van der Waals surface area contributed by atoms with Crippen LogP contribution < -0.4 is 9.64 Å². The Morgan fingerprint density at radius 3 is 2.17 bits per heavy atom. The van der Waals surface area contributed by atoms with Crippen LogP contribution in [0.3, 0.4) is 0 Å². The number of hydrogen-bond acceptors (Lipinski definition) is 4. The summed E-state index contributed by atoms with van der Waals surface area (Å²) in [6, 6.07) is 23.4. The number of para-hydroxylation sites is 2. The van der Waals surface area contributed by atoms with Gasteiger partial charge < -0.3 is 4.74 Å². The van der Waals surface area contributed by atoms with E-state index in [2.05, 4.69) is 0 Å². The molecule has 4 rings (SSSR count). The molecule has 0 atom stereocenters. The van der Waals surface area contributed by atoms with Crippen molar-refractivity contribution in [2.75, 3.05) is 12.0 Å². The highest BCUT2D eigenvalue weighted by atomic mass is 35.5. The lowest BCUT2D eigenvalue weighted by Gasteiger charge is -2.18. The molecule has 0 unspecified atom stereocenters. The second kappa shape index (κ2) is 8.15. The Labute approximate surface area is 177 Å². The van der Waals surface area contributed by atoms with E-state index in [9.17, 15) is 9.59 Å². The van der Waals surface area contributed by atoms with Crippen molar-refractivity contribution < 1.29 is 14.3 Å². The van der Waals surface area contributed by atoms with Gasteiger partial charge in [-0.1, -0.05) is 65.8 Å². The minimum absolute atomic E-state index is 0.370. The molecule has 1 aliphatic heterocycles. The van der Waals surface area contributed by atoms with Crippen LogP contribution in [0.1, 0.15) is 5.56 Å². The number of anilines is 1. The first-order valence-electron chi connectivity index (χ1n) is 8.85. The third-order valence-corrected chi connectivity index (χ3v) is 5.81. The number of methoxy groups -OCH3 is 1. The van der Waals surface area contributed by atoms with Crippen molar-refractivity contribution in [1.82, 2.24) is 0 Å². The second-order valence-corrected chi connectivity index (χ2v) is 7.76. The summed E-state index contributed by atoms with van der Waals surface area (Å²) in [4.78, 5) is 29.2. The third kappa shape index (κ3) is 3.67. The van der Waals surface area contributed by atoms with Crippen LogP contribution in [-0.4, -0.2) is 18.9 Å². The van der Waals surface area contributed by atoms with Gasteiger partial charge in [0.05, 0.1) is 23.3 Å². The smallest absolute Gasteiger partial charge is 0.273 e. The standard InChI is InChI=1S/C23H16ClNO3S/c1-28-19-10-6-5-9-18(19)25-22(26)20(15-7-3-2-4-8-15)21(23(25)27)29-17-13-11-16(24)12-14-17/h2-14H,1H3. The number of benzene rings is 3. The zero-order valence-electron chi connectivity index (χ0n) is 15.5. The van der Waals surface area contributed by atoms with Crippen LogP contribution in [0.2, 0.25) is 5.02 Å². The molecule has 3 aromatic carbocycles. The van der Waals surface area contributed by atoms with Crippen LogP contribution >= 0.6 is 23.4 Å². The highest BCUT2D eigenvalue weighted by Gasteiger charge is 2.41. The highest BCUT2D eigenvalue weighted by molar-refractivity contribution is 8.04. The number of amides is 2. The summed E-state index contributed by atoms with van der Waals surface area (Å²) in [5.74, 6) is -0.292. The number of hydrogen-bond donors (Lipinski definition) is 0. The fourth-order valence-electron chi connectivity index (χ4n) is 3.12. The summed E-state index contributed by atoms with van der Waals surface area (Å²) in [5, 5.41) is 0.607. The molecule has 0 aliphatic carbocycles. The number of halogens is 1. The van der Waals surface area contributed by atoms with Crippen molar-refractivity contribution >= 4 is 46.4 Å². The van der Waals surface area contributed by atoms with E-state index in [0.717, 1.165) is 4.90 Å². The molecule has 1 aliphatic rings. The van der Waals surface area contributed by atoms with Crippen LogP contribution in [0.25, 0.3) is 5.57 Å². The molecule has 0 bridgehead atoms. The van der Waals surface area contributed by atoms with Gasteiger partial charge >= 0.3 is 0 Å². The van der Waals surface area contributed by atoms with Gasteiger partial charge in [0.1, 0.15) is 5.75 Å². The molecule has 0 saturated heterocycles. The number of ether oxygens (including phenoxy) is 1. The molecule has 3 aromatic rings. The number of nitrogens with zero attached hydrogens (tertiary/aromatic N) is 1. The number of thioether (sulfide) groups is 1. The van der Waals surface area contributed by atoms with Crippen LogP contribution in [0.15, 0.2) is 88.7 Å². The lowest BCUT2D eigenvalue weighted by Crippen LogP contribution is -2.31. The van der Waals surface area contributed by atoms with Crippen molar-refractivity contribution in [3.05, 3.63) is 94.4 Å². The molecular formula is C23H16ClNO3S. The van der Waals surface area contributed by atoms with E-state index in [1.54, 1.807) is 36.4 Å². The zero-order chi connectivity index (χ0) is 20.4. The van der Waals surface area contributed by atoms with E-state index in [-0.39, 0.29) is 11.8 Å². The molecule has 0 aromatic heterocycles. The van der Waals surface area contributed by atoms with Crippen LogP contribution in [0, 0.1) is 0 Å². The van der Waals surface area contributed by atoms with E-state index in [0.29, 0.717) is 32.5 Å². The molecular weight excluding hydrogens is 406 g/mol. The SMILES string of the molecule is COc1ccccc1N1C(=O)C(Sc2ccc(Cl)cc2)=C(c2ccccc2)C1=O. The van der Waals surface area contributed by atoms with E-state index in [1.807, 2.05) is 42.5 Å². The second-order valence-electron chi connectivity index (χ2n) is 6.24. The maximum absolute atomic E-state index is 13.4. The number of carbonyl (C=O) groups is 2. The van der Waals surface area contributed by atoms with E-state index >= 15 is 0 Å². The lowest BCUT2D eigenvalue weighted by atomic mass is 10.1. The van der Waals surface area contributed by atoms with Gasteiger partial charge in [-0.15, -0.1) is 0 Å².